The summed E-state index contributed by atoms with van der Waals surface area (Å²) in [5.41, 5.74) is 0.692. The SMILES string of the molecule is CC(C)C[C@H](NC(=O)[C@@H]1CC(=O)N(c2ccc3c(c2)OCCO3)C1)C(=O)N1CCCCC1. The molecular formula is C24H33N3O5. The molecule has 3 heterocycles. The number of nitrogens with one attached hydrogen (secondary N) is 1. The van der Waals surface area contributed by atoms with Crippen molar-refractivity contribution in [2.45, 2.75) is 52.0 Å². The van der Waals surface area contributed by atoms with Crippen LogP contribution in [0.2, 0.25) is 0 Å². The molecule has 2 fully saturated rings. The van der Waals surface area contributed by atoms with Gasteiger partial charge in [0.15, 0.2) is 11.5 Å². The van der Waals surface area contributed by atoms with E-state index in [0.29, 0.717) is 36.8 Å². The maximum absolute atomic E-state index is 13.1. The number of benzene rings is 1. The minimum Gasteiger partial charge on any atom is -0.486 e. The van der Waals surface area contributed by atoms with Crippen molar-refractivity contribution in [3.8, 4) is 11.5 Å². The number of fused-ring (bicyclic) bond motifs is 1. The topological polar surface area (TPSA) is 88.2 Å². The highest BCUT2D eigenvalue weighted by molar-refractivity contribution is 6.01. The van der Waals surface area contributed by atoms with Gasteiger partial charge in [0.2, 0.25) is 17.7 Å². The zero-order valence-electron chi connectivity index (χ0n) is 19.0. The number of carbonyl (C=O) groups is 3. The van der Waals surface area contributed by atoms with E-state index in [1.807, 2.05) is 24.8 Å². The van der Waals surface area contributed by atoms with Gasteiger partial charge in [0.1, 0.15) is 19.3 Å². The number of likely N-dealkylation sites (tertiary alicyclic amines) is 1. The van der Waals surface area contributed by atoms with Gasteiger partial charge in [-0.15, -0.1) is 0 Å². The standard InChI is InChI=1S/C24H33N3O5/c1-16(2)12-19(24(30)26-8-4-3-5-9-26)25-23(29)17-13-22(28)27(15-17)18-6-7-20-21(14-18)32-11-10-31-20/h6-7,14,16-17,19H,3-5,8-13,15H2,1-2H3,(H,25,29)/t17-,19+/m1/s1. The van der Waals surface area contributed by atoms with E-state index in [0.717, 1.165) is 32.4 Å². The molecule has 8 heteroatoms. The molecule has 1 aromatic rings. The van der Waals surface area contributed by atoms with Crippen LogP contribution < -0.4 is 19.7 Å². The summed E-state index contributed by atoms with van der Waals surface area (Å²) in [6.07, 6.45) is 3.89. The minimum atomic E-state index is -0.543. The molecule has 2 atom stereocenters. The monoisotopic (exact) mass is 443 g/mol. The van der Waals surface area contributed by atoms with E-state index in [1.165, 1.54) is 0 Å². The number of ether oxygens (including phenoxy) is 2. The fourth-order valence-electron chi connectivity index (χ4n) is 4.65. The summed E-state index contributed by atoms with van der Waals surface area (Å²) < 4.78 is 11.2. The van der Waals surface area contributed by atoms with Crippen LogP contribution in [0.1, 0.15) is 46.0 Å². The molecule has 0 unspecified atom stereocenters. The van der Waals surface area contributed by atoms with Crippen LogP contribution in [0, 0.1) is 11.8 Å². The van der Waals surface area contributed by atoms with Gasteiger partial charge < -0.3 is 24.6 Å². The lowest BCUT2D eigenvalue weighted by molar-refractivity contribution is -0.138. The quantitative estimate of drug-likeness (QED) is 0.729. The number of rotatable bonds is 6. The van der Waals surface area contributed by atoms with Crippen LogP contribution >= 0.6 is 0 Å². The molecule has 0 spiro atoms. The van der Waals surface area contributed by atoms with E-state index in [4.69, 9.17) is 9.47 Å². The third-order valence-electron chi connectivity index (χ3n) is 6.32. The van der Waals surface area contributed by atoms with E-state index < -0.39 is 12.0 Å². The maximum atomic E-state index is 13.1. The molecule has 1 N–H and O–H groups in total. The van der Waals surface area contributed by atoms with Gasteiger partial charge in [-0.25, -0.2) is 0 Å². The van der Waals surface area contributed by atoms with Crippen molar-refractivity contribution in [2.24, 2.45) is 11.8 Å². The van der Waals surface area contributed by atoms with Crippen LogP contribution in [0.15, 0.2) is 18.2 Å². The molecule has 0 aliphatic carbocycles. The normalized spacial score (nSPS) is 21.6. The summed E-state index contributed by atoms with van der Waals surface area (Å²) >= 11 is 0. The number of nitrogens with zero attached hydrogens (tertiary/aromatic N) is 2. The van der Waals surface area contributed by atoms with Crippen molar-refractivity contribution in [1.29, 1.82) is 0 Å². The molecule has 32 heavy (non-hydrogen) atoms. The number of piperidine rings is 1. The predicted octanol–water partition coefficient (Wildman–Crippen LogP) is 2.35. The van der Waals surface area contributed by atoms with Gasteiger partial charge in [0, 0.05) is 37.8 Å². The van der Waals surface area contributed by atoms with Crippen LogP contribution in [0.3, 0.4) is 0 Å². The van der Waals surface area contributed by atoms with Crippen LogP contribution in [0.4, 0.5) is 5.69 Å². The van der Waals surface area contributed by atoms with Crippen molar-refractivity contribution in [3.63, 3.8) is 0 Å². The molecule has 0 saturated carbocycles. The van der Waals surface area contributed by atoms with Crippen LogP contribution in [-0.4, -0.2) is 61.5 Å². The number of carbonyl (C=O) groups excluding carboxylic acids is 3. The van der Waals surface area contributed by atoms with E-state index in [-0.39, 0.29) is 36.6 Å². The highest BCUT2D eigenvalue weighted by Gasteiger charge is 2.37. The van der Waals surface area contributed by atoms with E-state index in [1.54, 1.807) is 17.0 Å². The molecule has 0 radical (unpaired) electrons. The smallest absolute Gasteiger partial charge is 0.245 e. The first-order valence-electron chi connectivity index (χ1n) is 11.7. The van der Waals surface area contributed by atoms with Gasteiger partial charge in [-0.2, -0.15) is 0 Å². The summed E-state index contributed by atoms with van der Waals surface area (Å²) in [5.74, 6) is 0.721. The first-order valence-corrected chi connectivity index (χ1v) is 11.7. The second kappa shape index (κ2) is 9.79. The van der Waals surface area contributed by atoms with Crippen molar-refractivity contribution >= 4 is 23.4 Å². The van der Waals surface area contributed by atoms with Crippen molar-refractivity contribution in [1.82, 2.24) is 10.2 Å². The molecule has 1 aromatic carbocycles. The van der Waals surface area contributed by atoms with E-state index in [2.05, 4.69) is 5.32 Å². The lowest BCUT2D eigenvalue weighted by Gasteiger charge is -2.31. The largest absolute Gasteiger partial charge is 0.486 e. The minimum absolute atomic E-state index is 0.000217. The molecule has 8 nitrogen and oxygen atoms in total. The van der Waals surface area contributed by atoms with Gasteiger partial charge in [-0.1, -0.05) is 13.8 Å². The number of hydrogen-bond donors (Lipinski definition) is 1. The average molecular weight is 444 g/mol. The Morgan fingerprint density at radius 2 is 1.81 bits per heavy atom. The summed E-state index contributed by atoms with van der Waals surface area (Å²) in [7, 11) is 0. The second-order valence-corrected chi connectivity index (χ2v) is 9.31. The molecule has 3 aliphatic heterocycles. The zero-order chi connectivity index (χ0) is 22.7. The highest BCUT2D eigenvalue weighted by atomic mass is 16.6. The zero-order valence-corrected chi connectivity index (χ0v) is 19.0. The Morgan fingerprint density at radius 3 is 2.53 bits per heavy atom. The Labute approximate surface area is 189 Å². The fraction of sp³-hybridized carbons (Fsp3) is 0.625. The molecule has 0 bridgehead atoms. The summed E-state index contributed by atoms with van der Waals surface area (Å²) in [4.78, 5) is 42.3. The Balaban J connectivity index is 1.42. The maximum Gasteiger partial charge on any atom is 0.245 e. The number of anilines is 1. The molecule has 4 rings (SSSR count). The van der Waals surface area contributed by atoms with Gasteiger partial charge in [0.25, 0.3) is 0 Å². The number of amides is 3. The van der Waals surface area contributed by atoms with E-state index in [9.17, 15) is 14.4 Å². The van der Waals surface area contributed by atoms with Gasteiger partial charge >= 0.3 is 0 Å². The van der Waals surface area contributed by atoms with Crippen molar-refractivity contribution < 1.29 is 23.9 Å². The van der Waals surface area contributed by atoms with Gasteiger partial charge in [0.05, 0.1) is 5.92 Å². The summed E-state index contributed by atoms with van der Waals surface area (Å²) in [6.45, 7) is 6.86. The highest BCUT2D eigenvalue weighted by Crippen LogP contribution is 2.36. The lowest BCUT2D eigenvalue weighted by Crippen LogP contribution is -2.51. The summed E-state index contributed by atoms with van der Waals surface area (Å²) in [6, 6.07) is 4.85. The molecule has 3 aliphatic rings. The first-order chi connectivity index (χ1) is 15.4. The average Bonchev–Trinajstić information content (AvgIpc) is 3.20. The number of hydrogen-bond acceptors (Lipinski definition) is 5. The van der Waals surface area contributed by atoms with Crippen molar-refractivity contribution in [2.75, 3.05) is 37.7 Å². The van der Waals surface area contributed by atoms with Crippen LogP contribution in [0.25, 0.3) is 0 Å². The van der Waals surface area contributed by atoms with E-state index >= 15 is 0 Å². The van der Waals surface area contributed by atoms with Crippen LogP contribution in [-0.2, 0) is 14.4 Å². The van der Waals surface area contributed by atoms with Crippen LogP contribution in [0.5, 0.6) is 11.5 Å². The van der Waals surface area contributed by atoms with Crippen molar-refractivity contribution in [3.05, 3.63) is 18.2 Å². The Kier molecular flexibility index (Phi) is 6.86. The fourth-order valence-corrected chi connectivity index (χ4v) is 4.65. The second-order valence-electron chi connectivity index (χ2n) is 9.31. The Bertz CT molecular complexity index is 865. The third kappa shape index (κ3) is 5.00. The molecule has 0 aromatic heterocycles. The molecule has 3 amide bonds. The third-order valence-corrected chi connectivity index (χ3v) is 6.32. The summed E-state index contributed by atoms with van der Waals surface area (Å²) in [5, 5.41) is 2.98. The van der Waals surface area contributed by atoms with Gasteiger partial charge in [-0.3, -0.25) is 14.4 Å². The Morgan fingerprint density at radius 1 is 1.09 bits per heavy atom. The molecule has 2 saturated heterocycles. The van der Waals surface area contributed by atoms with Gasteiger partial charge in [-0.05, 0) is 43.7 Å². The predicted molar refractivity (Wildman–Crippen MR) is 120 cm³/mol. The molecule has 174 valence electrons. The molecular weight excluding hydrogens is 410 g/mol. The Hall–Kier alpha value is -2.77. The lowest BCUT2D eigenvalue weighted by atomic mass is 9.99. The first kappa shape index (κ1) is 22.4.